The second kappa shape index (κ2) is 13.8. The Balaban J connectivity index is 1.17. The fraction of sp³-hybridized carbons (Fsp3) is 0.758. The molecule has 3 aliphatic carbocycles. The predicted octanol–water partition coefficient (Wildman–Crippen LogP) is 8.85. The van der Waals surface area contributed by atoms with Crippen LogP contribution in [0.4, 0.5) is 22.0 Å². The molecule has 2 N–H and O–H groups in total. The summed E-state index contributed by atoms with van der Waals surface area (Å²) in [6, 6.07) is 5.87. The van der Waals surface area contributed by atoms with Gasteiger partial charge in [-0.3, -0.25) is 0 Å². The number of hydrogen-bond donors (Lipinski definition) is 2. The Morgan fingerprint density at radius 2 is 1.64 bits per heavy atom. The summed E-state index contributed by atoms with van der Waals surface area (Å²) in [7, 11) is 0. The maximum atomic E-state index is 13.0. The fourth-order valence-corrected chi connectivity index (χ4v) is 9.43. The zero-order valence-electron chi connectivity index (χ0n) is 24.7. The van der Waals surface area contributed by atoms with E-state index in [9.17, 15) is 36.7 Å². The summed E-state index contributed by atoms with van der Waals surface area (Å²) in [6.07, 6.45) is 4.31. The largest absolute Gasteiger partial charge is 0.616 e. The van der Waals surface area contributed by atoms with E-state index in [2.05, 4.69) is 19.6 Å². The van der Waals surface area contributed by atoms with Crippen LogP contribution < -0.4 is 0 Å². The Labute approximate surface area is 250 Å². The highest BCUT2D eigenvalue weighted by atomic mass is 32.2. The third-order valence-electron chi connectivity index (χ3n) is 10.6. The molecule has 7 atom stereocenters. The highest BCUT2D eigenvalue weighted by Gasteiger charge is 2.57. The van der Waals surface area contributed by atoms with Crippen molar-refractivity contribution in [2.45, 2.75) is 121 Å². The van der Waals surface area contributed by atoms with Crippen molar-refractivity contribution in [2.75, 3.05) is 11.5 Å². The Hall–Kier alpha value is -1.32. The first-order chi connectivity index (χ1) is 19.7. The molecule has 0 amide bonds. The second-order valence-electron chi connectivity index (χ2n) is 13.3. The summed E-state index contributed by atoms with van der Waals surface area (Å²) in [5.41, 5.74) is 3.65. The number of hydrogen-bond acceptors (Lipinski definition) is 3. The third-order valence-corrected chi connectivity index (χ3v) is 12.1. The van der Waals surface area contributed by atoms with Crippen molar-refractivity contribution < 1.29 is 36.7 Å². The number of phenolic OH excluding ortho intramolecular Hbond substituents is 1. The quantitative estimate of drug-likeness (QED) is 0.0948. The van der Waals surface area contributed by atoms with Gasteiger partial charge in [0, 0.05) is 6.42 Å². The van der Waals surface area contributed by atoms with E-state index < -0.39 is 42.2 Å². The first-order valence-corrected chi connectivity index (χ1v) is 17.2. The van der Waals surface area contributed by atoms with Gasteiger partial charge in [-0.05, 0) is 109 Å². The maximum absolute atomic E-state index is 13.0. The molecule has 3 nitrogen and oxygen atoms in total. The Morgan fingerprint density at radius 1 is 1.00 bits per heavy atom. The molecule has 0 aromatic heterocycles. The molecule has 0 saturated heterocycles. The van der Waals surface area contributed by atoms with Crippen LogP contribution in [-0.2, 0) is 17.6 Å². The molecule has 2 fully saturated rings. The molecule has 4 rings (SSSR count). The average molecular weight is 619 g/mol. The van der Waals surface area contributed by atoms with Crippen molar-refractivity contribution in [3.05, 3.63) is 41.5 Å². The van der Waals surface area contributed by atoms with Gasteiger partial charge in [0.25, 0.3) is 0 Å². The SMILES string of the molecule is C=C1[C@H](O)C[C@H]2[C@@H]3[C@H](CCCCCCCCC[S+]([O-])CCCC(F)(F)C(F)(F)F)Cc4cc(O)ccc4[C@H]3CC[C@]12C. The summed E-state index contributed by atoms with van der Waals surface area (Å²) >= 11 is -1.36. The van der Waals surface area contributed by atoms with Crippen LogP contribution in [0, 0.1) is 23.2 Å². The smallest absolute Gasteiger partial charge is 0.453 e. The molecule has 0 heterocycles. The van der Waals surface area contributed by atoms with Gasteiger partial charge in [0.2, 0.25) is 0 Å². The number of benzene rings is 1. The second-order valence-corrected chi connectivity index (χ2v) is 15.0. The summed E-state index contributed by atoms with van der Waals surface area (Å²) in [5, 5.41) is 20.9. The number of halogens is 5. The van der Waals surface area contributed by atoms with E-state index in [0.717, 1.165) is 76.2 Å². The summed E-state index contributed by atoms with van der Waals surface area (Å²) in [6.45, 7) is 6.61. The number of aliphatic hydroxyl groups is 1. The monoisotopic (exact) mass is 618 g/mol. The van der Waals surface area contributed by atoms with E-state index in [0.29, 0.717) is 41.6 Å². The van der Waals surface area contributed by atoms with Gasteiger partial charge in [-0.15, -0.1) is 0 Å². The maximum Gasteiger partial charge on any atom is 0.453 e. The van der Waals surface area contributed by atoms with Gasteiger partial charge in [-0.25, -0.2) is 0 Å². The molecule has 0 radical (unpaired) electrons. The van der Waals surface area contributed by atoms with Crippen LogP contribution in [0.15, 0.2) is 30.4 Å². The van der Waals surface area contributed by atoms with E-state index >= 15 is 0 Å². The number of alkyl halides is 5. The highest BCUT2D eigenvalue weighted by molar-refractivity contribution is 7.91. The zero-order chi connectivity index (χ0) is 30.7. The molecule has 1 unspecified atom stereocenters. The molecular formula is C33H47F5O3S. The lowest BCUT2D eigenvalue weighted by atomic mass is 9.52. The van der Waals surface area contributed by atoms with Crippen molar-refractivity contribution in [3.8, 4) is 5.75 Å². The molecule has 3 aliphatic rings. The third kappa shape index (κ3) is 7.48. The lowest BCUT2D eigenvalue weighted by Gasteiger charge is -2.52. The van der Waals surface area contributed by atoms with E-state index in [-0.39, 0.29) is 11.2 Å². The first-order valence-electron chi connectivity index (χ1n) is 15.7. The number of fused-ring (bicyclic) bond motifs is 5. The van der Waals surface area contributed by atoms with Crippen LogP contribution in [0.3, 0.4) is 0 Å². The van der Waals surface area contributed by atoms with Crippen LogP contribution in [0.2, 0.25) is 0 Å². The van der Waals surface area contributed by atoms with Gasteiger partial charge in [0.05, 0.1) is 6.10 Å². The lowest BCUT2D eigenvalue weighted by Crippen LogP contribution is -2.44. The number of aliphatic hydroxyl groups excluding tert-OH is 1. The molecule has 1 aromatic rings. The topological polar surface area (TPSA) is 63.5 Å². The molecular weight excluding hydrogens is 571 g/mol. The van der Waals surface area contributed by atoms with Crippen LogP contribution >= 0.6 is 0 Å². The van der Waals surface area contributed by atoms with E-state index in [1.165, 1.54) is 11.1 Å². The first kappa shape index (κ1) is 33.6. The van der Waals surface area contributed by atoms with Gasteiger partial charge in [-0.1, -0.05) is 62.8 Å². The van der Waals surface area contributed by atoms with Crippen LogP contribution in [0.25, 0.3) is 0 Å². The Morgan fingerprint density at radius 3 is 2.33 bits per heavy atom. The summed E-state index contributed by atoms with van der Waals surface area (Å²) in [4.78, 5) is 0. The van der Waals surface area contributed by atoms with Crippen LogP contribution in [0.5, 0.6) is 5.75 Å². The number of rotatable bonds is 14. The van der Waals surface area contributed by atoms with Gasteiger partial charge < -0.3 is 14.8 Å². The summed E-state index contributed by atoms with van der Waals surface area (Å²) < 4.78 is 74.6. The fourth-order valence-electron chi connectivity index (χ4n) is 8.23. The van der Waals surface area contributed by atoms with Gasteiger partial charge in [0.15, 0.2) is 0 Å². The van der Waals surface area contributed by atoms with E-state index in [4.69, 9.17) is 0 Å². The van der Waals surface area contributed by atoms with Crippen LogP contribution in [0.1, 0.15) is 107 Å². The van der Waals surface area contributed by atoms with Gasteiger partial charge in [0.1, 0.15) is 17.3 Å². The van der Waals surface area contributed by atoms with Crippen molar-refractivity contribution >= 4 is 11.2 Å². The van der Waals surface area contributed by atoms with Crippen molar-refractivity contribution in [2.24, 2.45) is 23.2 Å². The number of phenols is 1. The van der Waals surface area contributed by atoms with E-state index in [1.807, 2.05) is 12.1 Å². The minimum Gasteiger partial charge on any atom is -0.616 e. The summed E-state index contributed by atoms with van der Waals surface area (Å²) in [5.74, 6) is -2.25. The normalized spacial score (nSPS) is 30.1. The zero-order valence-corrected chi connectivity index (χ0v) is 25.6. The molecule has 2 saturated carbocycles. The molecule has 0 aliphatic heterocycles. The average Bonchev–Trinajstić information content (AvgIpc) is 3.14. The standard InChI is InChI=1S/C33H47F5O3S/c1-22-29(40)21-28-30-23(19-24-20-25(39)12-13-26(24)27(30)14-16-31(22,28)2)11-8-6-4-3-5-7-9-17-42(41)18-10-15-32(34,35)33(36,37)38/h12-13,20,23,27-30,39-40H,1,3-11,14-19,21H2,2H3/t23-,27-,28+,29-,30-,31-,42?/m1/s1. The molecule has 9 heteroatoms. The minimum absolute atomic E-state index is 0.00886. The Bertz CT molecular complexity index is 1060. The molecule has 1 aromatic carbocycles. The lowest BCUT2D eigenvalue weighted by molar-refractivity contribution is -0.284. The number of unbranched alkanes of at least 4 members (excludes halogenated alkanes) is 6. The molecule has 42 heavy (non-hydrogen) atoms. The van der Waals surface area contributed by atoms with Gasteiger partial charge in [-0.2, -0.15) is 22.0 Å². The van der Waals surface area contributed by atoms with Gasteiger partial charge >= 0.3 is 12.1 Å². The molecule has 0 bridgehead atoms. The van der Waals surface area contributed by atoms with Crippen LogP contribution in [-0.4, -0.2) is 44.5 Å². The van der Waals surface area contributed by atoms with Crippen molar-refractivity contribution in [1.82, 2.24) is 0 Å². The minimum atomic E-state index is -5.55. The molecule has 238 valence electrons. The highest BCUT2D eigenvalue weighted by Crippen LogP contribution is 2.64. The van der Waals surface area contributed by atoms with Crippen molar-refractivity contribution in [3.63, 3.8) is 0 Å². The number of aromatic hydroxyl groups is 1. The van der Waals surface area contributed by atoms with Crippen molar-refractivity contribution in [1.29, 1.82) is 0 Å². The Kier molecular flexibility index (Phi) is 11.0. The predicted molar refractivity (Wildman–Crippen MR) is 157 cm³/mol. The molecule has 0 spiro atoms. The van der Waals surface area contributed by atoms with E-state index in [1.54, 1.807) is 0 Å².